The fourth-order valence-corrected chi connectivity index (χ4v) is 2.77. The summed E-state index contributed by atoms with van der Waals surface area (Å²) in [6.07, 6.45) is 3.54. The summed E-state index contributed by atoms with van der Waals surface area (Å²) in [6.45, 7) is 15.1. The van der Waals surface area contributed by atoms with Crippen LogP contribution < -0.4 is 5.32 Å². The summed E-state index contributed by atoms with van der Waals surface area (Å²) >= 11 is 0. The third-order valence-electron chi connectivity index (χ3n) is 4.05. The van der Waals surface area contributed by atoms with Crippen LogP contribution in [0.25, 0.3) is 0 Å². The first-order valence-electron chi connectivity index (χ1n) is 9.06. The predicted molar refractivity (Wildman–Crippen MR) is 97.0 cm³/mol. The number of nitrogens with zero attached hydrogens (tertiary/aromatic N) is 2. The third kappa shape index (κ3) is 9.16. The molecule has 23 heavy (non-hydrogen) atoms. The molecule has 0 saturated carbocycles. The molecule has 0 aromatic rings. The summed E-state index contributed by atoms with van der Waals surface area (Å²) in [7, 11) is 1.71. The Morgan fingerprint density at radius 3 is 2.74 bits per heavy atom. The maximum absolute atomic E-state index is 5.67. The van der Waals surface area contributed by atoms with Gasteiger partial charge in [-0.3, -0.25) is 4.99 Å². The summed E-state index contributed by atoms with van der Waals surface area (Å²) in [4.78, 5) is 7.19. The lowest BCUT2D eigenvalue weighted by molar-refractivity contribution is 0.0536. The van der Waals surface area contributed by atoms with Crippen molar-refractivity contribution in [2.75, 3.05) is 53.1 Å². The molecule has 1 rings (SSSR count). The molecule has 0 spiro atoms. The van der Waals surface area contributed by atoms with Crippen LogP contribution in [0.2, 0.25) is 0 Å². The zero-order valence-electron chi connectivity index (χ0n) is 15.9. The van der Waals surface area contributed by atoms with Gasteiger partial charge in [0.1, 0.15) is 0 Å². The average molecular weight is 328 g/mol. The molecule has 0 aromatic heterocycles. The van der Waals surface area contributed by atoms with Gasteiger partial charge in [-0.25, -0.2) is 0 Å². The van der Waals surface area contributed by atoms with Gasteiger partial charge in [0.05, 0.1) is 19.8 Å². The molecular formula is C18H37N3O2. The molecule has 0 radical (unpaired) electrons. The minimum absolute atomic E-state index is 0.395. The van der Waals surface area contributed by atoms with Crippen LogP contribution >= 0.6 is 0 Å². The van der Waals surface area contributed by atoms with Gasteiger partial charge in [0, 0.05) is 39.2 Å². The van der Waals surface area contributed by atoms with Crippen molar-refractivity contribution in [1.29, 1.82) is 0 Å². The van der Waals surface area contributed by atoms with E-state index in [4.69, 9.17) is 14.5 Å². The van der Waals surface area contributed by atoms with Crippen molar-refractivity contribution in [3.63, 3.8) is 0 Å². The number of hydrogen-bond donors (Lipinski definition) is 1. The number of ether oxygens (including phenoxy) is 2. The van der Waals surface area contributed by atoms with Gasteiger partial charge in [0.2, 0.25) is 0 Å². The molecule has 136 valence electrons. The average Bonchev–Trinajstić information content (AvgIpc) is 2.94. The molecule has 1 aliphatic heterocycles. The molecule has 0 aliphatic carbocycles. The summed E-state index contributed by atoms with van der Waals surface area (Å²) in [6, 6.07) is 0. The van der Waals surface area contributed by atoms with Gasteiger partial charge in [0.15, 0.2) is 5.96 Å². The SMILES string of the molecule is CCNC(=NCCCC(C)(C)C)N1CCC(COCCOC)C1. The highest BCUT2D eigenvalue weighted by molar-refractivity contribution is 5.80. The topological polar surface area (TPSA) is 46.1 Å². The molecule has 0 amide bonds. The van der Waals surface area contributed by atoms with Crippen molar-refractivity contribution in [3.8, 4) is 0 Å². The third-order valence-corrected chi connectivity index (χ3v) is 4.05. The minimum atomic E-state index is 0.395. The fourth-order valence-electron chi connectivity index (χ4n) is 2.77. The molecule has 1 heterocycles. The van der Waals surface area contributed by atoms with E-state index in [0.29, 0.717) is 24.5 Å². The molecule has 1 fully saturated rings. The van der Waals surface area contributed by atoms with Crippen LogP contribution in [0.1, 0.15) is 47.0 Å². The van der Waals surface area contributed by atoms with Crippen molar-refractivity contribution in [3.05, 3.63) is 0 Å². The number of nitrogens with one attached hydrogen (secondary N) is 1. The quantitative estimate of drug-likeness (QED) is 0.402. The molecule has 5 nitrogen and oxygen atoms in total. The smallest absolute Gasteiger partial charge is 0.193 e. The number of methoxy groups -OCH3 is 1. The molecule has 0 aromatic carbocycles. The van der Waals surface area contributed by atoms with Gasteiger partial charge < -0.3 is 19.7 Å². The summed E-state index contributed by atoms with van der Waals surface area (Å²) in [5, 5.41) is 3.43. The van der Waals surface area contributed by atoms with E-state index in [1.807, 2.05) is 0 Å². The first kappa shape index (κ1) is 20.2. The number of hydrogen-bond acceptors (Lipinski definition) is 3. The van der Waals surface area contributed by atoms with E-state index in [2.05, 4.69) is 37.9 Å². The molecule has 1 aliphatic rings. The van der Waals surface area contributed by atoms with E-state index >= 15 is 0 Å². The Morgan fingerprint density at radius 1 is 1.30 bits per heavy atom. The maximum Gasteiger partial charge on any atom is 0.193 e. The Hall–Kier alpha value is -0.810. The second-order valence-electron chi connectivity index (χ2n) is 7.57. The predicted octanol–water partition coefficient (Wildman–Crippen LogP) is 2.76. The van der Waals surface area contributed by atoms with Crippen molar-refractivity contribution in [1.82, 2.24) is 10.2 Å². The van der Waals surface area contributed by atoms with Gasteiger partial charge in [-0.2, -0.15) is 0 Å². The zero-order valence-corrected chi connectivity index (χ0v) is 15.9. The fraction of sp³-hybridized carbons (Fsp3) is 0.944. The van der Waals surface area contributed by atoms with Crippen molar-refractivity contribution >= 4 is 5.96 Å². The number of aliphatic imine (C=N–C) groups is 1. The molecule has 5 heteroatoms. The second kappa shape index (κ2) is 10.9. The Kier molecular flexibility index (Phi) is 9.56. The van der Waals surface area contributed by atoms with Gasteiger partial charge >= 0.3 is 0 Å². The van der Waals surface area contributed by atoms with Crippen LogP contribution in [-0.2, 0) is 9.47 Å². The lowest BCUT2D eigenvalue weighted by atomic mass is 9.91. The number of rotatable bonds is 9. The monoisotopic (exact) mass is 327 g/mol. The first-order chi connectivity index (χ1) is 11.0. The molecule has 1 unspecified atom stereocenters. The van der Waals surface area contributed by atoms with Crippen LogP contribution in [0.5, 0.6) is 0 Å². The first-order valence-corrected chi connectivity index (χ1v) is 9.06. The summed E-state index contributed by atoms with van der Waals surface area (Å²) in [5.74, 6) is 1.67. The van der Waals surface area contributed by atoms with Gasteiger partial charge in [-0.1, -0.05) is 20.8 Å². The van der Waals surface area contributed by atoms with E-state index in [1.165, 1.54) is 12.8 Å². The van der Waals surface area contributed by atoms with E-state index in [-0.39, 0.29) is 0 Å². The highest BCUT2D eigenvalue weighted by atomic mass is 16.5. The molecule has 1 atom stereocenters. The minimum Gasteiger partial charge on any atom is -0.382 e. The molecule has 1 saturated heterocycles. The largest absolute Gasteiger partial charge is 0.382 e. The standard InChI is InChI=1S/C18H37N3O2/c1-6-19-17(20-10-7-9-18(2,3)4)21-11-8-16(14-21)15-23-13-12-22-5/h16H,6-15H2,1-5H3,(H,19,20). The Morgan fingerprint density at radius 2 is 2.09 bits per heavy atom. The zero-order chi connectivity index (χ0) is 17.1. The molecule has 0 bridgehead atoms. The van der Waals surface area contributed by atoms with Gasteiger partial charge in [0.25, 0.3) is 0 Å². The van der Waals surface area contributed by atoms with Crippen LogP contribution in [0.15, 0.2) is 4.99 Å². The lowest BCUT2D eigenvalue weighted by Crippen LogP contribution is -2.40. The molecular weight excluding hydrogens is 290 g/mol. The highest BCUT2D eigenvalue weighted by Gasteiger charge is 2.24. The Bertz CT molecular complexity index is 340. The van der Waals surface area contributed by atoms with Gasteiger partial charge in [-0.15, -0.1) is 0 Å². The Labute approximate surface area is 142 Å². The van der Waals surface area contributed by atoms with Crippen LogP contribution in [-0.4, -0.2) is 64.0 Å². The van der Waals surface area contributed by atoms with E-state index in [9.17, 15) is 0 Å². The van der Waals surface area contributed by atoms with Crippen LogP contribution in [0, 0.1) is 11.3 Å². The lowest BCUT2D eigenvalue weighted by Gasteiger charge is -2.22. The maximum atomic E-state index is 5.67. The second-order valence-corrected chi connectivity index (χ2v) is 7.57. The Balaban J connectivity index is 2.36. The highest BCUT2D eigenvalue weighted by Crippen LogP contribution is 2.20. The van der Waals surface area contributed by atoms with Crippen molar-refractivity contribution in [2.45, 2.75) is 47.0 Å². The van der Waals surface area contributed by atoms with E-state index in [1.54, 1.807) is 7.11 Å². The van der Waals surface area contributed by atoms with Crippen LogP contribution in [0.3, 0.4) is 0 Å². The van der Waals surface area contributed by atoms with Crippen molar-refractivity contribution < 1.29 is 9.47 Å². The van der Waals surface area contributed by atoms with Gasteiger partial charge in [-0.05, 0) is 31.6 Å². The number of likely N-dealkylation sites (tertiary alicyclic amines) is 1. The summed E-state index contributed by atoms with van der Waals surface area (Å²) < 4.78 is 10.7. The van der Waals surface area contributed by atoms with Crippen LogP contribution in [0.4, 0.5) is 0 Å². The summed E-state index contributed by atoms with van der Waals surface area (Å²) in [5.41, 5.74) is 0.395. The van der Waals surface area contributed by atoms with E-state index in [0.717, 1.165) is 45.2 Å². The van der Waals surface area contributed by atoms with E-state index < -0.39 is 0 Å². The number of guanidine groups is 1. The molecule has 1 N–H and O–H groups in total. The normalized spacial score (nSPS) is 19.4. The van der Waals surface area contributed by atoms with Crippen molar-refractivity contribution in [2.24, 2.45) is 16.3 Å².